The molecule has 1 heterocycles. The van der Waals surface area contributed by atoms with Crippen LogP contribution in [0.5, 0.6) is 0 Å². The monoisotopic (exact) mass is 363 g/mol. The Morgan fingerprint density at radius 2 is 2.04 bits per heavy atom. The van der Waals surface area contributed by atoms with Crippen LogP contribution in [0.2, 0.25) is 0 Å². The molecule has 2 bridgehead atoms. The van der Waals surface area contributed by atoms with E-state index in [-0.39, 0.29) is 11.3 Å². The van der Waals surface area contributed by atoms with E-state index in [0.717, 1.165) is 32.4 Å². The van der Waals surface area contributed by atoms with Gasteiger partial charge in [-0.05, 0) is 68.2 Å². The van der Waals surface area contributed by atoms with Crippen LogP contribution < -0.4 is 11.1 Å². The molecule has 2 aliphatic rings. The van der Waals surface area contributed by atoms with E-state index in [1.54, 1.807) is 0 Å². The fourth-order valence-corrected chi connectivity index (χ4v) is 5.03. The Bertz CT molecular complexity index is 835. The second-order valence-electron chi connectivity index (χ2n) is 8.32. The number of likely N-dealkylation sites (N-methyl/N-ethyl adjacent to an activating group) is 1. The van der Waals surface area contributed by atoms with Crippen molar-refractivity contribution in [2.75, 3.05) is 20.1 Å². The summed E-state index contributed by atoms with van der Waals surface area (Å²) in [4.78, 5) is 14.2. The van der Waals surface area contributed by atoms with Crippen molar-refractivity contribution in [3.05, 3.63) is 70.8 Å². The molecular weight excluding hydrogens is 334 g/mol. The average Bonchev–Trinajstić information content (AvgIpc) is 2.67. The van der Waals surface area contributed by atoms with Crippen LogP contribution in [0.4, 0.5) is 0 Å². The van der Waals surface area contributed by atoms with Crippen LogP contribution in [0.15, 0.2) is 48.5 Å². The molecule has 2 aromatic carbocycles. The van der Waals surface area contributed by atoms with E-state index in [0.29, 0.717) is 17.6 Å². The molecule has 1 saturated heterocycles. The number of primary amides is 1. The third kappa shape index (κ3) is 3.28. The number of nitrogens with two attached hydrogens (primary N) is 1. The standard InChI is InChI=1S/C23H29N3O/c1-23-11-13-26(2)20(15-17-8-9-18(22(24)27)14-19(17)23)21(23)25-12-10-16-6-4-3-5-7-16/h3-9,14,20-21,25H,10-13,15H2,1-2H3,(H2,24,27)/t20-,21-,23+/m1/s1. The lowest BCUT2D eigenvalue weighted by atomic mass is 9.61. The van der Waals surface area contributed by atoms with Crippen LogP contribution in [0.25, 0.3) is 0 Å². The normalized spacial score (nSPS) is 27.2. The highest BCUT2D eigenvalue weighted by atomic mass is 16.1. The van der Waals surface area contributed by atoms with Gasteiger partial charge in [0, 0.05) is 23.1 Å². The maximum absolute atomic E-state index is 11.7. The molecule has 2 aromatic rings. The van der Waals surface area contributed by atoms with Gasteiger partial charge >= 0.3 is 0 Å². The molecule has 4 rings (SSSR count). The predicted molar refractivity (Wildman–Crippen MR) is 109 cm³/mol. The first-order valence-electron chi connectivity index (χ1n) is 9.90. The van der Waals surface area contributed by atoms with E-state index < -0.39 is 0 Å². The average molecular weight is 364 g/mol. The number of rotatable bonds is 5. The van der Waals surface area contributed by atoms with Crippen molar-refractivity contribution in [2.24, 2.45) is 5.73 Å². The summed E-state index contributed by atoms with van der Waals surface area (Å²) >= 11 is 0. The van der Waals surface area contributed by atoms with E-state index in [2.05, 4.69) is 60.6 Å². The van der Waals surface area contributed by atoms with Crippen LogP contribution in [0.3, 0.4) is 0 Å². The summed E-state index contributed by atoms with van der Waals surface area (Å²) in [5.41, 5.74) is 10.2. The Morgan fingerprint density at radius 3 is 2.78 bits per heavy atom. The van der Waals surface area contributed by atoms with E-state index in [9.17, 15) is 4.79 Å². The number of benzene rings is 2. The second-order valence-corrected chi connectivity index (χ2v) is 8.32. The highest BCUT2D eigenvalue weighted by Gasteiger charge is 2.49. The van der Waals surface area contributed by atoms with Gasteiger partial charge in [0.1, 0.15) is 0 Å². The molecule has 1 aliphatic carbocycles. The first-order chi connectivity index (χ1) is 13.0. The molecule has 0 spiro atoms. The number of hydrogen-bond donors (Lipinski definition) is 2. The Hall–Kier alpha value is -2.17. The topological polar surface area (TPSA) is 58.4 Å². The van der Waals surface area contributed by atoms with Crippen LogP contribution in [0.1, 0.15) is 40.4 Å². The summed E-state index contributed by atoms with van der Waals surface area (Å²) in [5.74, 6) is -0.343. The van der Waals surface area contributed by atoms with Crippen molar-refractivity contribution in [3.63, 3.8) is 0 Å². The van der Waals surface area contributed by atoms with E-state index in [1.807, 2.05) is 12.1 Å². The predicted octanol–water partition coefficient (Wildman–Crippen LogP) is 2.50. The maximum atomic E-state index is 11.7. The van der Waals surface area contributed by atoms with E-state index >= 15 is 0 Å². The molecular formula is C23H29N3O. The molecule has 1 amide bonds. The number of likely N-dealkylation sites (tertiary alicyclic amines) is 1. The SMILES string of the molecule is CN1CC[C@@]2(C)c3cc(C(N)=O)ccc3C[C@@H]1[C@H]2NCCc1ccccc1. The smallest absolute Gasteiger partial charge is 0.248 e. The van der Waals surface area contributed by atoms with Crippen LogP contribution in [-0.4, -0.2) is 43.0 Å². The van der Waals surface area contributed by atoms with Crippen molar-refractivity contribution in [1.82, 2.24) is 10.2 Å². The molecule has 142 valence electrons. The Balaban J connectivity index is 1.61. The zero-order chi connectivity index (χ0) is 19.0. The number of nitrogens with one attached hydrogen (secondary N) is 1. The number of nitrogens with zero attached hydrogens (tertiary/aromatic N) is 1. The van der Waals surface area contributed by atoms with Crippen molar-refractivity contribution in [1.29, 1.82) is 0 Å². The Morgan fingerprint density at radius 1 is 1.26 bits per heavy atom. The minimum atomic E-state index is -0.343. The molecule has 4 nitrogen and oxygen atoms in total. The van der Waals surface area contributed by atoms with Crippen LogP contribution in [-0.2, 0) is 18.3 Å². The summed E-state index contributed by atoms with van der Waals surface area (Å²) in [6.07, 6.45) is 3.12. The van der Waals surface area contributed by atoms with Gasteiger partial charge in [-0.15, -0.1) is 0 Å². The fourth-order valence-electron chi connectivity index (χ4n) is 5.03. The molecule has 1 aliphatic heterocycles. The van der Waals surface area contributed by atoms with Gasteiger partial charge in [-0.2, -0.15) is 0 Å². The fraction of sp³-hybridized carbons (Fsp3) is 0.435. The van der Waals surface area contributed by atoms with Gasteiger partial charge in [-0.3, -0.25) is 4.79 Å². The number of hydrogen-bond acceptors (Lipinski definition) is 3. The molecule has 3 atom stereocenters. The minimum absolute atomic E-state index is 0.0207. The van der Waals surface area contributed by atoms with Crippen molar-refractivity contribution in [2.45, 2.75) is 43.7 Å². The van der Waals surface area contributed by atoms with E-state index in [4.69, 9.17) is 5.73 Å². The van der Waals surface area contributed by atoms with Crippen molar-refractivity contribution >= 4 is 5.91 Å². The van der Waals surface area contributed by atoms with Gasteiger partial charge < -0.3 is 16.0 Å². The molecule has 0 radical (unpaired) electrons. The van der Waals surface area contributed by atoms with Crippen molar-refractivity contribution < 1.29 is 4.79 Å². The highest BCUT2D eigenvalue weighted by molar-refractivity contribution is 5.93. The molecule has 0 unspecified atom stereocenters. The lowest BCUT2D eigenvalue weighted by molar-refractivity contribution is 0.0663. The molecule has 0 aromatic heterocycles. The summed E-state index contributed by atoms with van der Waals surface area (Å²) in [6, 6.07) is 17.5. The molecule has 1 fully saturated rings. The lowest BCUT2D eigenvalue weighted by Crippen LogP contribution is -2.66. The van der Waals surface area contributed by atoms with Gasteiger partial charge in [0.25, 0.3) is 0 Å². The molecule has 0 saturated carbocycles. The summed E-state index contributed by atoms with van der Waals surface area (Å²) < 4.78 is 0. The molecule has 3 N–H and O–H groups in total. The zero-order valence-corrected chi connectivity index (χ0v) is 16.2. The summed E-state index contributed by atoms with van der Waals surface area (Å²) in [6.45, 7) is 4.40. The third-order valence-corrected chi connectivity index (χ3v) is 6.68. The van der Waals surface area contributed by atoms with Gasteiger partial charge in [-0.1, -0.05) is 43.3 Å². The highest BCUT2D eigenvalue weighted by Crippen LogP contribution is 2.44. The van der Waals surface area contributed by atoms with Gasteiger partial charge in [0.05, 0.1) is 0 Å². The number of amides is 1. The number of fused-ring (bicyclic) bond motifs is 4. The second kappa shape index (κ2) is 7.10. The first-order valence-corrected chi connectivity index (χ1v) is 9.90. The van der Waals surface area contributed by atoms with Crippen LogP contribution >= 0.6 is 0 Å². The van der Waals surface area contributed by atoms with E-state index in [1.165, 1.54) is 16.7 Å². The minimum Gasteiger partial charge on any atom is -0.366 e. The quantitative estimate of drug-likeness (QED) is 0.858. The Labute approximate surface area is 161 Å². The Kier molecular flexibility index (Phi) is 4.79. The van der Waals surface area contributed by atoms with Gasteiger partial charge in [0.15, 0.2) is 0 Å². The summed E-state index contributed by atoms with van der Waals surface area (Å²) in [7, 11) is 2.24. The maximum Gasteiger partial charge on any atom is 0.248 e. The first kappa shape index (κ1) is 18.2. The largest absolute Gasteiger partial charge is 0.366 e. The van der Waals surface area contributed by atoms with Gasteiger partial charge in [-0.25, -0.2) is 0 Å². The number of carbonyl (C=O) groups excluding carboxylic acids is 1. The molecule has 4 heteroatoms. The third-order valence-electron chi connectivity index (χ3n) is 6.68. The zero-order valence-electron chi connectivity index (χ0n) is 16.2. The number of carbonyl (C=O) groups is 1. The lowest BCUT2D eigenvalue weighted by Gasteiger charge is -2.55. The van der Waals surface area contributed by atoms with Crippen LogP contribution in [0, 0.1) is 0 Å². The molecule has 27 heavy (non-hydrogen) atoms. The number of piperidine rings is 1. The van der Waals surface area contributed by atoms with Gasteiger partial charge in [0.2, 0.25) is 5.91 Å². The summed E-state index contributed by atoms with van der Waals surface area (Å²) in [5, 5.41) is 3.87. The van der Waals surface area contributed by atoms with Crippen molar-refractivity contribution in [3.8, 4) is 0 Å².